The van der Waals surface area contributed by atoms with E-state index in [4.69, 9.17) is 4.74 Å². The summed E-state index contributed by atoms with van der Waals surface area (Å²) in [6.07, 6.45) is 6.53. The second-order valence-corrected chi connectivity index (χ2v) is 5.41. The molecule has 0 unspecified atom stereocenters. The highest BCUT2D eigenvalue weighted by Gasteiger charge is 2.16. The van der Waals surface area contributed by atoms with E-state index in [-0.39, 0.29) is 0 Å². The molecule has 0 radical (unpaired) electrons. The molecule has 0 spiro atoms. The maximum Gasteiger partial charge on any atom is 0.218 e. The average Bonchev–Trinajstić information content (AvgIpc) is 3.01. The van der Waals surface area contributed by atoms with E-state index in [1.54, 1.807) is 6.33 Å². The van der Waals surface area contributed by atoms with Gasteiger partial charge in [-0.15, -0.1) is 0 Å². The molecular formula is C14H22N4O. The Morgan fingerprint density at radius 1 is 1.21 bits per heavy atom. The number of nitrogens with zero attached hydrogens (tertiary/aromatic N) is 3. The van der Waals surface area contributed by atoms with Crippen LogP contribution in [0.15, 0.2) is 12.4 Å². The van der Waals surface area contributed by atoms with Gasteiger partial charge >= 0.3 is 0 Å². The minimum atomic E-state index is 0.659. The van der Waals surface area contributed by atoms with Crippen LogP contribution in [0.1, 0.15) is 25.7 Å². The Kier molecular flexibility index (Phi) is 4.13. The summed E-state index contributed by atoms with van der Waals surface area (Å²) >= 11 is 0. The number of hydrogen-bond acceptors (Lipinski definition) is 5. The highest BCUT2D eigenvalue weighted by atomic mass is 16.5. The number of piperidine rings is 1. The molecule has 1 aromatic heterocycles. The fourth-order valence-electron chi connectivity index (χ4n) is 2.78. The SMILES string of the molecule is c1nc(OCC2CCNCC2)cc(N2CCCC2)n1. The zero-order valence-corrected chi connectivity index (χ0v) is 11.3. The van der Waals surface area contributed by atoms with Gasteiger partial charge in [-0.2, -0.15) is 0 Å². The number of nitrogens with one attached hydrogen (secondary N) is 1. The topological polar surface area (TPSA) is 50.3 Å². The Hall–Kier alpha value is -1.36. The molecule has 0 saturated carbocycles. The first-order chi connectivity index (χ1) is 9.42. The standard InChI is InChI=1S/C14H22N4O/c1-2-8-18(7-1)13-9-14(17-11-16-13)19-10-12-3-5-15-6-4-12/h9,11-12,15H,1-8,10H2. The molecule has 5 nitrogen and oxygen atoms in total. The number of ether oxygens (including phenoxy) is 1. The van der Waals surface area contributed by atoms with E-state index in [9.17, 15) is 0 Å². The molecule has 5 heteroatoms. The Labute approximate surface area is 114 Å². The first kappa shape index (κ1) is 12.7. The van der Waals surface area contributed by atoms with Gasteiger partial charge in [0.15, 0.2) is 0 Å². The lowest BCUT2D eigenvalue weighted by Crippen LogP contribution is -2.30. The third-order valence-electron chi connectivity index (χ3n) is 3.98. The van der Waals surface area contributed by atoms with Crippen LogP contribution in [0.5, 0.6) is 5.88 Å². The summed E-state index contributed by atoms with van der Waals surface area (Å²) in [6, 6.07) is 1.98. The number of hydrogen-bond donors (Lipinski definition) is 1. The Bertz CT molecular complexity index is 400. The normalized spacial score (nSPS) is 20.7. The van der Waals surface area contributed by atoms with Gasteiger partial charge in [0.2, 0.25) is 5.88 Å². The molecule has 0 aromatic carbocycles. The fourth-order valence-corrected chi connectivity index (χ4v) is 2.78. The van der Waals surface area contributed by atoms with Crippen molar-refractivity contribution in [1.29, 1.82) is 0 Å². The van der Waals surface area contributed by atoms with Crippen LogP contribution < -0.4 is 15.0 Å². The van der Waals surface area contributed by atoms with E-state index in [0.29, 0.717) is 5.92 Å². The predicted octanol–water partition coefficient (Wildman–Crippen LogP) is 1.46. The minimum Gasteiger partial charge on any atom is -0.477 e. The maximum atomic E-state index is 5.84. The van der Waals surface area contributed by atoms with E-state index in [1.165, 1.54) is 25.7 Å². The largest absolute Gasteiger partial charge is 0.477 e. The zero-order valence-electron chi connectivity index (χ0n) is 11.3. The van der Waals surface area contributed by atoms with Crippen LogP contribution in [0.3, 0.4) is 0 Å². The van der Waals surface area contributed by atoms with Gasteiger partial charge in [-0.1, -0.05) is 0 Å². The van der Waals surface area contributed by atoms with Crippen molar-refractivity contribution in [1.82, 2.24) is 15.3 Å². The van der Waals surface area contributed by atoms with E-state index >= 15 is 0 Å². The van der Waals surface area contributed by atoms with E-state index in [1.807, 2.05) is 6.07 Å². The second kappa shape index (κ2) is 6.19. The van der Waals surface area contributed by atoms with Crippen LogP contribution in [0.4, 0.5) is 5.82 Å². The molecule has 0 aliphatic carbocycles. The molecule has 104 valence electrons. The predicted molar refractivity (Wildman–Crippen MR) is 74.6 cm³/mol. The Morgan fingerprint density at radius 3 is 2.79 bits per heavy atom. The van der Waals surface area contributed by atoms with Gasteiger partial charge in [-0.3, -0.25) is 0 Å². The summed E-state index contributed by atoms with van der Waals surface area (Å²) < 4.78 is 5.84. The lowest BCUT2D eigenvalue weighted by molar-refractivity contribution is 0.208. The van der Waals surface area contributed by atoms with Crippen molar-refractivity contribution in [3.8, 4) is 5.88 Å². The number of rotatable bonds is 4. The van der Waals surface area contributed by atoms with Crippen LogP contribution >= 0.6 is 0 Å². The summed E-state index contributed by atoms with van der Waals surface area (Å²) in [5, 5.41) is 3.37. The van der Waals surface area contributed by atoms with Crippen molar-refractivity contribution in [3.63, 3.8) is 0 Å². The average molecular weight is 262 g/mol. The zero-order chi connectivity index (χ0) is 12.9. The molecule has 2 fully saturated rings. The molecule has 3 rings (SSSR count). The highest BCUT2D eigenvalue weighted by Crippen LogP contribution is 2.21. The number of anilines is 1. The van der Waals surface area contributed by atoms with Crippen molar-refractivity contribution in [2.45, 2.75) is 25.7 Å². The molecule has 1 aromatic rings. The van der Waals surface area contributed by atoms with Gasteiger partial charge in [0, 0.05) is 19.2 Å². The van der Waals surface area contributed by atoms with Crippen molar-refractivity contribution in [3.05, 3.63) is 12.4 Å². The minimum absolute atomic E-state index is 0.659. The smallest absolute Gasteiger partial charge is 0.218 e. The van der Waals surface area contributed by atoms with Crippen LogP contribution in [0, 0.1) is 5.92 Å². The van der Waals surface area contributed by atoms with Crippen LogP contribution in [-0.2, 0) is 0 Å². The van der Waals surface area contributed by atoms with Gasteiger partial charge in [0.25, 0.3) is 0 Å². The van der Waals surface area contributed by atoms with Crippen molar-refractivity contribution in [2.24, 2.45) is 5.92 Å². The molecular weight excluding hydrogens is 240 g/mol. The van der Waals surface area contributed by atoms with E-state index in [0.717, 1.165) is 44.5 Å². The number of aromatic nitrogens is 2. The maximum absolute atomic E-state index is 5.84. The fraction of sp³-hybridized carbons (Fsp3) is 0.714. The Balaban J connectivity index is 1.56. The van der Waals surface area contributed by atoms with Crippen LogP contribution in [0.25, 0.3) is 0 Å². The molecule has 0 atom stereocenters. The van der Waals surface area contributed by atoms with E-state index in [2.05, 4.69) is 20.2 Å². The van der Waals surface area contributed by atoms with Gasteiger partial charge < -0.3 is 15.0 Å². The molecule has 2 aliphatic rings. The highest BCUT2D eigenvalue weighted by molar-refractivity contribution is 5.41. The summed E-state index contributed by atoms with van der Waals surface area (Å²) in [6.45, 7) is 5.20. The molecule has 0 amide bonds. The lowest BCUT2D eigenvalue weighted by Gasteiger charge is -2.22. The van der Waals surface area contributed by atoms with Gasteiger partial charge in [0.05, 0.1) is 6.61 Å². The second-order valence-electron chi connectivity index (χ2n) is 5.41. The molecule has 3 heterocycles. The first-order valence-corrected chi connectivity index (χ1v) is 7.32. The molecule has 2 aliphatic heterocycles. The molecule has 19 heavy (non-hydrogen) atoms. The van der Waals surface area contributed by atoms with Gasteiger partial charge in [-0.05, 0) is 44.7 Å². The van der Waals surface area contributed by atoms with Crippen LogP contribution in [-0.4, -0.2) is 42.8 Å². The summed E-state index contributed by atoms with van der Waals surface area (Å²) in [7, 11) is 0. The van der Waals surface area contributed by atoms with Crippen molar-refractivity contribution >= 4 is 5.82 Å². The summed E-state index contributed by atoms with van der Waals surface area (Å²) in [4.78, 5) is 10.9. The van der Waals surface area contributed by atoms with Gasteiger partial charge in [0.1, 0.15) is 12.1 Å². The monoisotopic (exact) mass is 262 g/mol. The molecule has 1 N–H and O–H groups in total. The van der Waals surface area contributed by atoms with Gasteiger partial charge in [-0.25, -0.2) is 9.97 Å². The first-order valence-electron chi connectivity index (χ1n) is 7.32. The van der Waals surface area contributed by atoms with Crippen molar-refractivity contribution in [2.75, 3.05) is 37.7 Å². The van der Waals surface area contributed by atoms with Crippen LogP contribution in [0.2, 0.25) is 0 Å². The molecule has 0 bridgehead atoms. The Morgan fingerprint density at radius 2 is 2.00 bits per heavy atom. The summed E-state index contributed by atoms with van der Waals surface area (Å²) in [5.74, 6) is 2.38. The quantitative estimate of drug-likeness (QED) is 0.890. The third kappa shape index (κ3) is 3.35. The lowest BCUT2D eigenvalue weighted by atomic mass is 9.99. The van der Waals surface area contributed by atoms with Crippen molar-refractivity contribution < 1.29 is 4.74 Å². The third-order valence-corrected chi connectivity index (χ3v) is 3.98. The molecule has 2 saturated heterocycles. The van der Waals surface area contributed by atoms with E-state index < -0.39 is 0 Å². The summed E-state index contributed by atoms with van der Waals surface area (Å²) in [5.41, 5.74) is 0.